The van der Waals surface area contributed by atoms with Gasteiger partial charge in [-0.15, -0.1) is 0 Å². The highest BCUT2D eigenvalue weighted by molar-refractivity contribution is 4.79. The molecule has 1 fully saturated rings. The van der Waals surface area contributed by atoms with Crippen LogP contribution >= 0.6 is 0 Å². The second kappa shape index (κ2) is 8.89. The maximum atomic E-state index is 5.77. The zero-order chi connectivity index (χ0) is 13.4. The van der Waals surface area contributed by atoms with Crippen LogP contribution in [0.2, 0.25) is 0 Å². The van der Waals surface area contributed by atoms with Gasteiger partial charge >= 0.3 is 0 Å². The molecule has 0 aromatic carbocycles. The van der Waals surface area contributed by atoms with E-state index in [1.54, 1.807) is 0 Å². The van der Waals surface area contributed by atoms with Crippen molar-refractivity contribution < 1.29 is 4.74 Å². The summed E-state index contributed by atoms with van der Waals surface area (Å²) in [6.45, 7) is 13.2. The summed E-state index contributed by atoms with van der Waals surface area (Å²) in [5, 5.41) is 3.68. The van der Waals surface area contributed by atoms with E-state index in [1.807, 2.05) is 0 Å². The van der Waals surface area contributed by atoms with E-state index < -0.39 is 0 Å². The Morgan fingerprint density at radius 1 is 1.28 bits per heavy atom. The Kier molecular flexibility index (Phi) is 7.87. The van der Waals surface area contributed by atoms with Crippen molar-refractivity contribution in [1.29, 1.82) is 0 Å². The van der Waals surface area contributed by atoms with Crippen LogP contribution in [0.3, 0.4) is 0 Å². The standard InChI is InChI=1S/C15H32N2O/c1-5-14(6-2)16-11-13(4)17-10-8-9-15(12-17)18-7-3/h13-16H,5-12H2,1-4H3. The van der Waals surface area contributed by atoms with Crippen LogP contribution in [-0.4, -0.2) is 49.3 Å². The highest BCUT2D eigenvalue weighted by atomic mass is 16.5. The van der Waals surface area contributed by atoms with E-state index in [1.165, 1.54) is 32.2 Å². The lowest BCUT2D eigenvalue weighted by Gasteiger charge is -2.37. The molecule has 0 aromatic heterocycles. The minimum Gasteiger partial charge on any atom is -0.377 e. The number of likely N-dealkylation sites (tertiary alicyclic amines) is 1. The van der Waals surface area contributed by atoms with Gasteiger partial charge in [-0.2, -0.15) is 0 Å². The zero-order valence-corrected chi connectivity index (χ0v) is 12.7. The van der Waals surface area contributed by atoms with Crippen LogP contribution in [0.1, 0.15) is 53.4 Å². The smallest absolute Gasteiger partial charge is 0.0702 e. The van der Waals surface area contributed by atoms with Crippen LogP contribution in [0.4, 0.5) is 0 Å². The molecule has 3 nitrogen and oxygen atoms in total. The summed E-state index contributed by atoms with van der Waals surface area (Å²) in [5.41, 5.74) is 0. The molecular formula is C15H32N2O. The number of hydrogen-bond acceptors (Lipinski definition) is 3. The normalized spacial score (nSPS) is 23.5. The molecule has 0 aromatic rings. The zero-order valence-electron chi connectivity index (χ0n) is 12.7. The Hall–Kier alpha value is -0.120. The van der Waals surface area contributed by atoms with Gasteiger partial charge in [0.2, 0.25) is 0 Å². The molecule has 3 heteroatoms. The van der Waals surface area contributed by atoms with Gasteiger partial charge in [-0.25, -0.2) is 0 Å². The third-order valence-electron chi connectivity index (χ3n) is 4.12. The van der Waals surface area contributed by atoms with Gasteiger partial charge in [-0.3, -0.25) is 4.90 Å². The summed E-state index contributed by atoms with van der Waals surface area (Å²) >= 11 is 0. The van der Waals surface area contributed by atoms with Crippen LogP contribution in [0.5, 0.6) is 0 Å². The van der Waals surface area contributed by atoms with Gasteiger partial charge < -0.3 is 10.1 Å². The van der Waals surface area contributed by atoms with Crippen LogP contribution in [0.15, 0.2) is 0 Å². The van der Waals surface area contributed by atoms with Crippen LogP contribution < -0.4 is 5.32 Å². The second-order valence-electron chi connectivity index (χ2n) is 5.49. The molecule has 2 unspecified atom stereocenters. The van der Waals surface area contributed by atoms with Gasteiger partial charge in [0.25, 0.3) is 0 Å². The summed E-state index contributed by atoms with van der Waals surface area (Å²) in [6, 6.07) is 1.30. The molecule has 0 amide bonds. The van der Waals surface area contributed by atoms with Gasteiger partial charge in [-0.1, -0.05) is 13.8 Å². The number of hydrogen-bond donors (Lipinski definition) is 1. The first kappa shape index (κ1) is 15.9. The largest absolute Gasteiger partial charge is 0.377 e. The highest BCUT2D eigenvalue weighted by Gasteiger charge is 2.23. The fourth-order valence-corrected chi connectivity index (χ4v) is 2.78. The quantitative estimate of drug-likeness (QED) is 0.722. The lowest BCUT2D eigenvalue weighted by Crippen LogP contribution is -2.49. The predicted octanol–water partition coefficient (Wildman–Crippen LogP) is 2.65. The fourth-order valence-electron chi connectivity index (χ4n) is 2.78. The molecule has 1 aliphatic rings. The van der Waals surface area contributed by atoms with E-state index in [9.17, 15) is 0 Å². The van der Waals surface area contributed by atoms with Crippen molar-refractivity contribution in [2.45, 2.75) is 71.6 Å². The van der Waals surface area contributed by atoms with E-state index >= 15 is 0 Å². The van der Waals surface area contributed by atoms with Crippen LogP contribution in [0.25, 0.3) is 0 Å². The average Bonchev–Trinajstić information content (AvgIpc) is 2.40. The molecule has 0 bridgehead atoms. The van der Waals surface area contributed by atoms with Gasteiger partial charge in [0.1, 0.15) is 0 Å². The molecular weight excluding hydrogens is 224 g/mol. The third kappa shape index (κ3) is 5.25. The van der Waals surface area contributed by atoms with Gasteiger partial charge in [-0.05, 0) is 46.1 Å². The number of ether oxygens (including phenoxy) is 1. The molecule has 18 heavy (non-hydrogen) atoms. The summed E-state index contributed by atoms with van der Waals surface area (Å²) in [4.78, 5) is 2.58. The highest BCUT2D eigenvalue weighted by Crippen LogP contribution is 2.15. The maximum Gasteiger partial charge on any atom is 0.0702 e. The Morgan fingerprint density at radius 2 is 2.00 bits per heavy atom. The molecule has 0 spiro atoms. The molecule has 1 N–H and O–H groups in total. The van der Waals surface area contributed by atoms with Gasteiger partial charge in [0, 0.05) is 31.8 Å². The maximum absolute atomic E-state index is 5.77. The van der Waals surface area contributed by atoms with Crippen molar-refractivity contribution >= 4 is 0 Å². The van der Waals surface area contributed by atoms with Crippen molar-refractivity contribution in [1.82, 2.24) is 10.2 Å². The van der Waals surface area contributed by atoms with E-state index in [0.717, 1.165) is 19.7 Å². The summed E-state index contributed by atoms with van der Waals surface area (Å²) in [7, 11) is 0. The first-order chi connectivity index (χ1) is 8.71. The van der Waals surface area contributed by atoms with Crippen LogP contribution in [-0.2, 0) is 4.74 Å². The predicted molar refractivity (Wildman–Crippen MR) is 78.1 cm³/mol. The Morgan fingerprint density at radius 3 is 2.61 bits per heavy atom. The van der Waals surface area contributed by atoms with E-state index in [4.69, 9.17) is 4.74 Å². The summed E-state index contributed by atoms with van der Waals surface area (Å²) in [6.07, 6.45) is 5.42. The number of nitrogens with one attached hydrogen (secondary N) is 1. The molecule has 108 valence electrons. The number of piperidine rings is 1. The molecule has 1 saturated heterocycles. The summed E-state index contributed by atoms with van der Waals surface area (Å²) < 4.78 is 5.77. The molecule has 1 aliphatic heterocycles. The van der Waals surface area contributed by atoms with Crippen molar-refractivity contribution in [3.63, 3.8) is 0 Å². The average molecular weight is 256 g/mol. The number of rotatable bonds is 8. The van der Waals surface area contributed by atoms with Crippen molar-refractivity contribution in [3.8, 4) is 0 Å². The topological polar surface area (TPSA) is 24.5 Å². The number of nitrogens with zero attached hydrogens (tertiary/aromatic N) is 1. The van der Waals surface area contributed by atoms with E-state index in [2.05, 4.69) is 37.9 Å². The van der Waals surface area contributed by atoms with Crippen molar-refractivity contribution in [3.05, 3.63) is 0 Å². The monoisotopic (exact) mass is 256 g/mol. The molecule has 0 radical (unpaired) electrons. The van der Waals surface area contributed by atoms with Crippen LogP contribution in [0, 0.1) is 0 Å². The first-order valence-corrected chi connectivity index (χ1v) is 7.80. The first-order valence-electron chi connectivity index (χ1n) is 7.80. The SMILES string of the molecule is CCOC1CCCN(C(C)CNC(CC)CC)C1. The third-order valence-corrected chi connectivity index (χ3v) is 4.12. The Labute approximate surface area is 113 Å². The van der Waals surface area contributed by atoms with Gasteiger partial charge in [0.05, 0.1) is 6.10 Å². The van der Waals surface area contributed by atoms with Gasteiger partial charge in [0.15, 0.2) is 0 Å². The molecule has 1 rings (SSSR count). The molecule has 0 aliphatic carbocycles. The Balaban J connectivity index is 2.29. The minimum atomic E-state index is 0.458. The lowest BCUT2D eigenvalue weighted by atomic mass is 10.1. The molecule has 2 atom stereocenters. The van der Waals surface area contributed by atoms with E-state index in [0.29, 0.717) is 18.2 Å². The Bertz CT molecular complexity index is 205. The molecule has 0 saturated carbocycles. The fraction of sp³-hybridized carbons (Fsp3) is 1.00. The van der Waals surface area contributed by atoms with Crippen molar-refractivity contribution in [2.75, 3.05) is 26.2 Å². The minimum absolute atomic E-state index is 0.458. The summed E-state index contributed by atoms with van der Waals surface area (Å²) in [5.74, 6) is 0. The van der Waals surface area contributed by atoms with Crippen molar-refractivity contribution in [2.24, 2.45) is 0 Å². The van der Waals surface area contributed by atoms with E-state index in [-0.39, 0.29) is 0 Å². The second-order valence-corrected chi connectivity index (χ2v) is 5.49. The molecule has 1 heterocycles. The lowest BCUT2D eigenvalue weighted by molar-refractivity contribution is -0.00516.